The summed E-state index contributed by atoms with van der Waals surface area (Å²) in [7, 11) is 0. The standard InChI is InChI=1S/C18H17ClN2O3S/c1-3-9-24-17(23)15-11(2)20-18-21(14(22)8-10-25-18)16(15)12-6-4-5-7-13(12)19/h3-7,16H,1,8-10H2,2H3/t16-/m0/s1. The van der Waals surface area contributed by atoms with Crippen molar-refractivity contribution in [3.8, 4) is 0 Å². The van der Waals surface area contributed by atoms with Crippen molar-refractivity contribution in [3.63, 3.8) is 0 Å². The average Bonchev–Trinajstić information content (AvgIpc) is 2.59. The molecule has 0 spiro atoms. The zero-order valence-electron chi connectivity index (χ0n) is 13.7. The zero-order valence-corrected chi connectivity index (χ0v) is 15.3. The first-order chi connectivity index (χ1) is 12.0. The molecule has 25 heavy (non-hydrogen) atoms. The summed E-state index contributed by atoms with van der Waals surface area (Å²) in [6.45, 7) is 5.39. The van der Waals surface area contributed by atoms with Crippen LogP contribution in [0.3, 0.4) is 0 Å². The Morgan fingerprint density at radius 2 is 2.28 bits per heavy atom. The van der Waals surface area contributed by atoms with E-state index in [9.17, 15) is 9.59 Å². The third-order valence-corrected chi connectivity index (χ3v) is 5.26. The number of benzene rings is 1. The molecule has 0 saturated carbocycles. The number of aliphatic imine (C=N–C) groups is 1. The number of hydrogen-bond donors (Lipinski definition) is 0. The van der Waals surface area contributed by atoms with Gasteiger partial charge in [-0.1, -0.05) is 54.2 Å². The summed E-state index contributed by atoms with van der Waals surface area (Å²) in [4.78, 5) is 31.3. The Labute approximate surface area is 155 Å². The van der Waals surface area contributed by atoms with E-state index in [1.807, 2.05) is 18.2 Å². The van der Waals surface area contributed by atoms with Crippen LogP contribution < -0.4 is 0 Å². The van der Waals surface area contributed by atoms with Crippen molar-refractivity contribution in [2.45, 2.75) is 19.4 Å². The van der Waals surface area contributed by atoms with Crippen molar-refractivity contribution < 1.29 is 14.3 Å². The average molecular weight is 377 g/mol. The number of halogens is 1. The highest BCUT2D eigenvalue weighted by atomic mass is 35.5. The highest BCUT2D eigenvalue weighted by Crippen LogP contribution is 2.42. The van der Waals surface area contributed by atoms with Gasteiger partial charge in [0.15, 0.2) is 5.17 Å². The van der Waals surface area contributed by atoms with Crippen LogP contribution in [0, 0.1) is 0 Å². The van der Waals surface area contributed by atoms with Crippen LogP contribution in [0.5, 0.6) is 0 Å². The normalized spacial score (nSPS) is 20.1. The van der Waals surface area contributed by atoms with Crippen LogP contribution in [-0.2, 0) is 14.3 Å². The fraction of sp³-hybridized carbons (Fsp3) is 0.278. The van der Waals surface area contributed by atoms with Gasteiger partial charge in [-0.05, 0) is 18.6 Å². The van der Waals surface area contributed by atoms with Gasteiger partial charge in [0, 0.05) is 17.2 Å². The predicted octanol–water partition coefficient (Wildman–Crippen LogP) is 3.72. The fourth-order valence-electron chi connectivity index (χ4n) is 2.86. The van der Waals surface area contributed by atoms with Crippen molar-refractivity contribution in [2.75, 3.05) is 12.4 Å². The highest BCUT2D eigenvalue weighted by molar-refractivity contribution is 8.14. The number of rotatable bonds is 4. The number of allylic oxidation sites excluding steroid dienone is 1. The lowest BCUT2D eigenvalue weighted by Gasteiger charge is -2.39. The second-order valence-electron chi connectivity index (χ2n) is 5.57. The molecule has 0 aliphatic carbocycles. The summed E-state index contributed by atoms with van der Waals surface area (Å²) in [5.74, 6) is 0.0739. The summed E-state index contributed by atoms with van der Waals surface area (Å²) in [5.41, 5.74) is 1.54. The molecule has 2 heterocycles. The van der Waals surface area contributed by atoms with Crippen molar-refractivity contribution in [1.82, 2.24) is 4.90 Å². The van der Waals surface area contributed by atoms with E-state index >= 15 is 0 Å². The molecule has 1 amide bonds. The van der Waals surface area contributed by atoms with Gasteiger partial charge in [-0.25, -0.2) is 9.79 Å². The Morgan fingerprint density at radius 3 is 3.00 bits per heavy atom. The molecule has 0 radical (unpaired) electrons. The summed E-state index contributed by atoms with van der Waals surface area (Å²) < 4.78 is 5.24. The molecular weight excluding hydrogens is 360 g/mol. The number of carbonyl (C=O) groups is 2. The van der Waals surface area contributed by atoms with Gasteiger partial charge in [-0.15, -0.1) is 0 Å². The minimum atomic E-state index is -0.640. The monoisotopic (exact) mass is 376 g/mol. The lowest BCUT2D eigenvalue weighted by Crippen LogP contribution is -2.46. The summed E-state index contributed by atoms with van der Waals surface area (Å²) in [6.07, 6.45) is 1.89. The highest BCUT2D eigenvalue weighted by Gasteiger charge is 2.42. The van der Waals surface area contributed by atoms with Crippen molar-refractivity contribution >= 4 is 40.4 Å². The molecule has 1 atom stereocenters. The molecule has 1 saturated heterocycles. The maximum atomic E-state index is 12.7. The Balaban J connectivity index is 2.15. The van der Waals surface area contributed by atoms with Gasteiger partial charge in [0.05, 0.1) is 17.3 Å². The number of esters is 1. The topological polar surface area (TPSA) is 59.0 Å². The summed E-state index contributed by atoms with van der Waals surface area (Å²) in [6, 6.07) is 6.56. The van der Waals surface area contributed by atoms with Gasteiger partial charge < -0.3 is 4.74 Å². The Bertz CT molecular complexity index is 803. The predicted molar refractivity (Wildman–Crippen MR) is 99.4 cm³/mol. The number of ether oxygens (including phenoxy) is 1. The number of hydrogen-bond acceptors (Lipinski definition) is 5. The number of carbonyl (C=O) groups excluding carboxylic acids is 2. The molecule has 5 nitrogen and oxygen atoms in total. The van der Waals surface area contributed by atoms with Crippen LogP contribution in [-0.4, -0.2) is 34.3 Å². The van der Waals surface area contributed by atoms with Gasteiger partial charge in [0.1, 0.15) is 6.61 Å². The van der Waals surface area contributed by atoms with E-state index in [0.29, 0.717) is 39.2 Å². The third-order valence-electron chi connectivity index (χ3n) is 3.96. The van der Waals surface area contributed by atoms with Gasteiger partial charge in [-0.2, -0.15) is 0 Å². The maximum absolute atomic E-state index is 12.7. The molecular formula is C18H17ClN2O3S. The molecule has 130 valence electrons. The number of nitrogens with zero attached hydrogens (tertiary/aromatic N) is 2. The maximum Gasteiger partial charge on any atom is 0.338 e. The van der Waals surface area contributed by atoms with E-state index in [1.165, 1.54) is 17.8 Å². The molecule has 7 heteroatoms. The van der Waals surface area contributed by atoms with E-state index in [-0.39, 0.29) is 12.5 Å². The van der Waals surface area contributed by atoms with E-state index < -0.39 is 12.0 Å². The SMILES string of the molecule is C=CCOC(=O)C1=C(C)N=C2SCCC(=O)N2[C@H]1c1ccccc1Cl. The minimum absolute atomic E-state index is 0.0797. The Hall–Kier alpha value is -2.05. The molecule has 1 aromatic rings. The van der Waals surface area contributed by atoms with Crippen molar-refractivity contribution in [2.24, 2.45) is 4.99 Å². The summed E-state index contributed by atoms with van der Waals surface area (Å²) in [5, 5.41) is 1.08. The van der Waals surface area contributed by atoms with Crippen molar-refractivity contribution in [3.05, 3.63) is 58.8 Å². The lowest BCUT2D eigenvalue weighted by molar-refractivity contribution is -0.139. The fourth-order valence-corrected chi connectivity index (χ4v) is 4.11. The second-order valence-corrected chi connectivity index (χ2v) is 7.04. The van der Waals surface area contributed by atoms with Crippen LogP contribution in [0.4, 0.5) is 0 Å². The van der Waals surface area contributed by atoms with Gasteiger partial charge in [0.25, 0.3) is 0 Å². The van der Waals surface area contributed by atoms with Gasteiger partial charge in [0.2, 0.25) is 5.91 Å². The van der Waals surface area contributed by atoms with Crippen LogP contribution in [0.2, 0.25) is 5.02 Å². The van der Waals surface area contributed by atoms with Crippen LogP contribution in [0.25, 0.3) is 0 Å². The number of amides is 1. The second kappa shape index (κ2) is 7.45. The van der Waals surface area contributed by atoms with Crippen LogP contribution >= 0.6 is 23.4 Å². The Morgan fingerprint density at radius 1 is 1.52 bits per heavy atom. The quantitative estimate of drug-likeness (QED) is 0.593. The first-order valence-corrected chi connectivity index (χ1v) is 9.17. The largest absolute Gasteiger partial charge is 0.458 e. The molecule has 2 aliphatic rings. The molecule has 2 aliphatic heterocycles. The Kier molecular flexibility index (Phi) is 5.30. The van der Waals surface area contributed by atoms with E-state index in [2.05, 4.69) is 11.6 Å². The third kappa shape index (κ3) is 3.37. The molecule has 0 bridgehead atoms. The minimum Gasteiger partial charge on any atom is -0.458 e. The van der Waals surface area contributed by atoms with Gasteiger partial charge >= 0.3 is 5.97 Å². The van der Waals surface area contributed by atoms with Gasteiger partial charge in [-0.3, -0.25) is 9.69 Å². The van der Waals surface area contributed by atoms with E-state index in [1.54, 1.807) is 17.9 Å². The molecule has 0 N–H and O–H groups in total. The number of thioether (sulfide) groups is 1. The molecule has 1 fully saturated rings. The number of amidine groups is 1. The molecule has 3 rings (SSSR count). The first kappa shape index (κ1) is 17.8. The van der Waals surface area contributed by atoms with E-state index in [0.717, 1.165) is 0 Å². The summed E-state index contributed by atoms with van der Waals surface area (Å²) >= 11 is 7.88. The number of fused-ring (bicyclic) bond motifs is 1. The van der Waals surface area contributed by atoms with Crippen LogP contribution in [0.1, 0.15) is 24.9 Å². The smallest absolute Gasteiger partial charge is 0.338 e. The zero-order chi connectivity index (χ0) is 18.0. The van der Waals surface area contributed by atoms with Crippen LogP contribution in [0.15, 0.2) is 53.2 Å². The lowest BCUT2D eigenvalue weighted by atomic mass is 9.94. The molecule has 0 unspecified atom stereocenters. The molecule has 0 aromatic heterocycles. The van der Waals surface area contributed by atoms with E-state index in [4.69, 9.17) is 16.3 Å². The van der Waals surface area contributed by atoms with Crippen molar-refractivity contribution in [1.29, 1.82) is 0 Å². The molecule has 1 aromatic carbocycles. The first-order valence-electron chi connectivity index (χ1n) is 7.81.